The smallest absolute Gasteiger partial charge is 0.325 e. The molecule has 2 rings (SSSR count). The Morgan fingerprint density at radius 2 is 1.92 bits per heavy atom. The first kappa shape index (κ1) is 18.3. The van der Waals surface area contributed by atoms with Crippen LogP contribution in [0, 0.1) is 5.41 Å². The normalized spacial score (nSPS) is 11.2. The van der Waals surface area contributed by atoms with Gasteiger partial charge in [-0.25, -0.2) is 0 Å². The molecular formula is C17H17BrF3N3. The Kier molecular flexibility index (Phi) is 5.54. The van der Waals surface area contributed by atoms with E-state index in [1.807, 2.05) is 25.1 Å². The molecule has 0 radical (unpaired) electrons. The van der Waals surface area contributed by atoms with Crippen molar-refractivity contribution in [2.75, 3.05) is 17.3 Å². The molecule has 0 atom stereocenters. The Morgan fingerprint density at radius 1 is 1.21 bits per heavy atom. The number of alkyl halides is 3. The summed E-state index contributed by atoms with van der Waals surface area (Å²) in [6, 6.07) is 10.6. The average Bonchev–Trinajstić information content (AvgIpc) is 2.55. The molecule has 0 amide bonds. The van der Waals surface area contributed by atoms with E-state index in [1.165, 1.54) is 17.0 Å². The first-order valence-corrected chi connectivity index (χ1v) is 8.06. The zero-order valence-corrected chi connectivity index (χ0v) is 14.8. The number of benzene rings is 2. The Balaban J connectivity index is 2.21. The van der Waals surface area contributed by atoms with Crippen molar-refractivity contribution in [3.8, 4) is 0 Å². The van der Waals surface area contributed by atoms with Gasteiger partial charge in [0.15, 0.2) is 5.96 Å². The topological polar surface area (TPSA) is 39.1 Å². The molecule has 0 saturated carbocycles. The summed E-state index contributed by atoms with van der Waals surface area (Å²) in [5.74, 6) is -0.0247. The predicted molar refractivity (Wildman–Crippen MR) is 94.7 cm³/mol. The average molecular weight is 400 g/mol. The van der Waals surface area contributed by atoms with Gasteiger partial charge >= 0.3 is 6.18 Å². The van der Waals surface area contributed by atoms with Gasteiger partial charge in [-0.3, -0.25) is 5.41 Å². The molecule has 3 nitrogen and oxygen atoms in total. The van der Waals surface area contributed by atoms with Crippen LogP contribution in [0.4, 0.5) is 24.5 Å². The molecule has 0 aromatic heterocycles. The lowest BCUT2D eigenvalue weighted by atomic mass is 10.1. The number of anilines is 2. The summed E-state index contributed by atoms with van der Waals surface area (Å²) in [5.41, 5.74) is 1.33. The second kappa shape index (κ2) is 7.25. The van der Waals surface area contributed by atoms with E-state index >= 15 is 0 Å². The summed E-state index contributed by atoms with van der Waals surface area (Å²) in [6.45, 7) is 2.02. The van der Waals surface area contributed by atoms with Crippen molar-refractivity contribution in [1.29, 1.82) is 5.41 Å². The molecule has 128 valence electrons. The molecule has 7 heteroatoms. The van der Waals surface area contributed by atoms with E-state index < -0.39 is 11.7 Å². The minimum atomic E-state index is -4.41. The van der Waals surface area contributed by atoms with Gasteiger partial charge in [0.2, 0.25) is 0 Å². The van der Waals surface area contributed by atoms with Crippen molar-refractivity contribution in [3.05, 3.63) is 58.1 Å². The van der Waals surface area contributed by atoms with Gasteiger partial charge in [-0.1, -0.05) is 19.1 Å². The highest BCUT2D eigenvalue weighted by Gasteiger charge is 2.30. The molecular weight excluding hydrogens is 383 g/mol. The summed E-state index contributed by atoms with van der Waals surface area (Å²) in [6.07, 6.45) is -3.57. The van der Waals surface area contributed by atoms with E-state index in [2.05, 4.69) is 21.2 Å². The quantitative estimate of drug-likeness (QED) is 0.527. The van der Waals surface area contributed by atoms with Crippen LogP contribution in [0.2, 0.25) is 0 Å². The van der Waals surface area contributed by atoms with Crippen LogP contribution >= 0.6 is 15.9 Å². The first-order chi connectivity index (χ1) is 11.2. The molecule has 0 spiro atoms. The Labute approximate surface area is 147 Å². The maximum absolute atomic E-state index is 12.8. The Morgan fingerprint density at radius 3 is 2.54 bits per heavy atom. The predicted octanol–water partition coefficient (Wildman–Crippen LogP) is 5.51. The van der Waals surface area contributed by atoms with Crippen molar-refractivity contribution in [3.63, 3.8) is 0 Å². The fourth-order valence-corrected chi connectivity index (χ4v) is 2.47. The van der Waals surface area contributed by atoms with Gasteiger partial charge in [0.25, 0.3) is 0 Å². The summed E-state index contributed by atoms with van der Waals surface area (Å²) in [5, 5.41) is 11.1. The van der Waals surface area contributed by atoms with Crippen LogP contribution in [-0.2, 0) is 12.6 Å². The molecule has 2 aromatic rings. The fourth-order valence-electron chi connectivity index (χ4n) is 2.12. The third kappa shape index (κ3) is 4.29. The summed E-state index contributed by atoms with van der Waals surface area (Å²) >= 11 is 3.40. The van der Waals surface area contributed by atoms with Gasteiger partial charge in [0, 0.05) is 17.2 Å². The molecule has 0 aliphatic rings. The Hall–Kier alpha value is -2.02. The van der Waals surface area contributed by atoms with E-state index in [1.54, 1.807) is 7.05 Å². The maximum Gasteiger partial charge on any atom is 0.416 e. The van der Waals surface area contributed by atoms with Crippen LogP contribution in [0.1, 0.15) is 18.1 Å². The SMILES string of the molecule is CCc1ccc(Br)c(NC(=N)N(C)c2cccc(C(F)(F)F)c2)c1. The van der Waals surface area contributed by atoms with Crippen LogP contribution < -0.4 is 10.2 Å². The van der Waals surface area contributed by atoms with Gasteiger partial charge in [-0.15, -0.1) is 0 Å². The largest absolute Gasteiger partial charge is 0.416 e. The van der Waals surface area contributed by atoms with E-state index in [9.17, 15) is 13.2 Å². The number of aryl methyl sites for hydroxylation is 1. The first-order valence-electron chi connectivity index (χ1n) is 7.27. The summed E-state index contributed by atoms with van der Waals surface area (Å²) < 4.78 is 39.2. The minimum Gasteiger partial charge on any atom is -0.325 e. The molecule has 2 aromatic carbocycles. The Bertz CT molecular complexity index is 744. The highest BCUT2D eigenvalue weighted by atomic mass is 79.9. The number of rotatable bonds is 3. The molecule has 0 aliphatic carbocycles. The van der Waals surface area contributed by atoms with Crippen LogP contribution in [0.25, 0.3) is 0 Å². The van der Waals surface area contributed by atoms with Crippen LogP contribution in [0.3, 0.4) is 0 Å². The lowest BCUT2D eigenvalue weighted by molar-refractivity contribution is -0.137. The highest BCUT2D eigenvalue weighted by Crippen LogP contribution is 2.31. The van der Waals surface area contributed by atoms with Crippen molar-refractivity contribution in [2.45, 2.75) is 19.5 Å². The van der Waals surface area contributed by atoms with E-state index in [-0.39, 0.29) is 11.6 Å². The number of halogens is 4. The van der Waals surface area contributed by atoms with Gasteiger partial charge in [0.1, 0.15) is 0 Å². The number of nitrogens with one attached hydrogen (secondary N) is 2. The van der Waals surface area contributed by atoms with Gasteiger partial charge in [0.05, 0.1) is 11.3 Å². The highest BCUT2D eigenvalue weighted by molar-refractivity contribution is 9.10. The van der Waals surface area contributed by atoms with Crippen LogP contribution in [0.5, 0.6) is 0 Å². The van der Waals surface area contributed by atoms with Crippen LogP contribution in [0.15, 0.2) is 46.9 Å². The molecule has 2 N–H and O–H groups in total. The zero-order chi connectivity index (χ0) is 17.9. The van der Waals surface area contributed by atoms with Crippen molar-refractivity contribution in [1.82, 2.24) is 0 Å². The van der Waals surface area contributed by atoms with Crippen LogP contribution in [-0.4, -0.2) is 13.0 Å². The third-order valence-electron chi connectivity index (χ3n) is 3.59. The number of nitrogens with zero attached hydrogens (tertiary/aromatic N) is 1. The number of hydrogen-bond donors (Lipinski definition) is 2. The summed E-state index contributed by atoms with van der Waals surface area (Å²) in [4.78, 5) is 1.36. The van der Waals surface area contributed by atoms with Crippen molar-refractivity contribution < 1.29 is 13.2 Å². The number of hydrogen-bond acceptors (Lipinski definition) is 1. The zero-order valence-electron chi connectivity index (χ0n) is 13.2. The lowest BCUT2D eigenvalue weighted by Crippen LogP contribution is -2.32. The second-order valence-electron chi connectivity index (χ2n) is 5.25. The monoisotopic (exact) mass is 399 g/mol. The van der Waals surface area contributed by atoms with Gasteiger partial charge < -0.3 is 10.2 Å². The van der Waals surface area contributed by atoms with Gasteiger partial charge in [-0.05, 0) is 58.2 Å². The fraction of sp³-hybridized carbons (Fsp3) is 0.235. The molecule has 24 heavy (non-hydrogen) atoms. The molecule has 0 bridgehead atoms. The molecule has 0 saturated heterocycles. The van der Waals surface area contributed by atoms with E-state index in [4.69, 9.17) is 5.41 Å². The van der Waals surface area contributed by atoms with Gasteiger partial charge in [-0.2, -0.15) is 13.2 Å². The standard InChI is InChI=1S/C17H17BrF3N3/c1-3-11-7-8-14(18)15(9-11)23-16(22)24(2)13-6-4-5-12(10-13)17(19,20)21/h4-10H,3H2,1-2H3,(H2,22,23). The van der Waals surface area contributed by atoms with Crippen molar-refractivity contribution >= 4 is 33.3 Å². The number of guanidine groups is 1. The van der Waals surface area contributed by atoms with E-state index in [0.717, 1.165) is 28.6 Å². The molecule has 0 unspecified atom stereocenters. The minimum absolute atomic E-state index is 0.0247. The maximum atomic E-state index is 12.8. The van der Waals surface area contributed by atoms with E-state index in [0.29, 0.717) is 5.69 Å². The summed E-state index contributed by atoms with van der Waals surface area (Å²) in [7, 11) is 1.54. The molecule has 0 aliphatic heterocycles. The molecule has 0 heterocycles. The lowest BCUT2D eigenvalue weighted by Gasteiger charge is -2.22. The third-order valence-corrected chi connectivity index (χ3v) is 4.28. The van der Waals surface area contributed by atoms with Crippen molar-refractivity contribution in [2.24, 2.45) is 0 Å². The second-order valence-corrected chi connectivity index (χ2v) is 6.10. The molecule has 0 fully saturated rings.